The summed E-state index contributed by atoms with van der Waals surface area (Å²) in [6.45, 7) is 1.90. The smallest absolute Gasteiger partial charge is 0.263 e. The normalized spacial score (nSPS) is 11.0. The van der Waals surface area contributed by atoms with Gasteiger partial charge in [-0.1, -0.05) is 30.4 Å². The van der Waals surface area contributed by atoms with Crippen LogP contribution in [0.25, 0.3) is 0 Å². The van der Waals surface area contributed by atoms with Gasteiger partial charge in [0.05, 0.1) is 10.5 Å². The number of anilines is 2. The molecular weight excluding hydrogens is 449 g/mol. The van der Waals surface area contributed by atoms with Crippen LogP contribution >= 0.6 is 23.6 Å². The number of thiocarbonyl (C=S) groups is 1. The topological polar surface area (TPSA) is 113 Å². The van der Waals surface area contributed by atoms with Crippen molar-refractivity contribution in [3.05, 3.63) is 64.9 Å². The van der Waals surface area contributed by atoms with Gasteiger partial charge >= 0.3 is 0 Å². The van der Waals surface area contributed by atoms with E-state index in [4.69, 9.17) is 12.2 Å². The molecule has 2 aromatic carbocycles. The molecule has 30 heavy (non-hydrogen) atoms. The molecule has 0 aliphatic carbocycles. The maximum Gasteiger partial charge on any atom is 0.263 e. The third kappa shape index (κ3) is 5.34. The van der Waals surface area contributed by atoms with E-state index in [1.165, 1.54) is 48.5 Å². The summed E-state index contributed by atoms with van der Waals surface area (Å²) in [5.41, 5.74) is 0.300. The minimum Gasteiger partial charge on any atom is -0.332 e. The fourth-order valence-electron chi connectivity index (χ4n) is 2.31. The summed E-state index contributed by atoms with van der Waals surface area (Å²) in [5, 5.41) is 13.6. The van der Waals surface area contributed by atoms with Gasteiger partial charge in [-0.3, -0.25) is 14.8 Å². The highest BCUT2D eigenvalue weighted by atomic mass is 32.2. The molecule has 3 N–H and O–H groups in total. The average Bonchev–Trinajstić information content (AvgIpc) is 3.15. The van der Waals surface area contributed by atoms with Crippen LogP contribution in [0.15, 0.2) is 53.4 Å². The minimum atomic E-state index is -3.83. The molecule has 3 aromatic rings. The fraction of sp³-hybridized carbons (Fsp3) is 0.111. The first-order chi connectivity index (χ1) is 14.3. The van der Waals surface area contributed by atoms with Crippen molar-refractivity contribution in [3.63, 3.8) is 0 Å². The largest absolute Gasteiger partial charge is 0.332 e. The Morgan fingerprint density at radius 2 is 1.83 bits per heavy atom. The third-order valence-electron chi connectivity index (χ3n) is 3.76. The number of carbonyl (C=O) groups is 1. The van der Waals surface area contributed by atoms with E-state index in [1.54, 1.807) is 0 Å². The van der Waals surface area contributed by atoms with Crippen LogP contribution in [0.1, 0.15) is 22.3 Å². The van der Waals surface area contributed by atoms with Gasteiger partial charge in [-0.15, -0.1) is 10.2 Å². The molecule has 12 heteroatoms. The lowest BCUT2D eigenvalue weighted by Gasteiger charge is -2.11. The predicted octanol–water partition coefficient (Wildman–Crippen LogP) is 3.17. The highest BCUT2D eigenvalue weighted by molar-refractivity contribution is 7.93. The van der Waals surface area contributed by atoms with E-state index in [-0.39, 0.29) is 20.7 Å². The molecule has 0 saturated heterocycles. The predicted molar refractivity (Wildman–Crippen MR) is 117 cm³/mol. The maximum absolute atomic E-state index is 13.7. The van der Waals surface area contributed by atoms with Gasteiger partial charge in [0.15, 0.2) is 5.11 Å². The van der Waals surface area contributed by atoms with Crippen LogP contribution in [0.3, 0.4) is 0 Å². The molecular formula is C18H16FN5O3S3. The van der Waals surface area contributed by atoms with Crippen molar-refractivity contribution in [3.8, 4) is 0 Å². The second-order valence-electron chi connectivity index (χ2n) is 5.87. The van der Waals surface area contributed by atoms with Crippen molar-refractivity contribution in [1.82, 2.24) is 15.5 Å². The highest BCUT2D eigenvalue weighted by Gasteiger charge is 2.17. The number of benzene rings is 2. The number of hydrogen-bond donors (Lipinski definition) is 3. The van der Waals surface area contributed by atoms with Gasteiger partial charge in [-0.25, -0.2) is 12.8 Å². The van der Waals surface area contributed by atoms with Crippen LogP contribution in [0.2, 0.25) is 0 Å². The minimum absolute atomic E-state index is 0.0163. The Bertz CT molecular complexity index is 1180. The van der Waals surface area contributed by atoms with Crippen molar-refractivity contribution in [2.75, 3.05) is 10.0 Å². The molecule has 156 valence electrons. The zero-order chi connectivity index (χ0) is 21.7. The number of amides is 1. The van der Waals surface area contributed by atoms with E-state index in [2.05, 4.69) is 25.6 Å². The number of aromatic nitrogens is 2. The lowest BCUT2D eigenvalue weighted by Crippen LogP contribution is -2.34. The van der Waals surface area contributed by atoms with Gasteiger partial charge in [0.25, 0.3) is 15.9 Å². The lowest BCUT2D eigenvalue weighted by atomic mass is 10.2. The van der Waals surface area contributed by atoms with E-state index in [9.17, 15) is 17.6 Å². The first-order valence-electron chi connectivity index (χ1n) is 8.60. The molecule has 0 atom stereocenters. The molecule has 0 unspecified atom stereocenters. The Hall–Kier alpha value is -2.96. The van der Waals surface area contributed by atoms with Crippen molar-refractivity contribution in [2.45, 2.75) is 18.2 Å². The Labute approximate surface area is 181 Å². The summed E-state index contributed by atoms with van der Waals surface area (Å²) in [5.74, 6) is -1.36. The van der Waals surface area contributed by atoms with Crippen molar-refractivity contribution >= 4 is 55.4 Å². The summed E-state index contributed by atoms with van der Waals surface area (Å²) in [6, 6.07) is 11.2. The van der Waals surface area contributed by atoms with Crippen molar-refractivity contribution in [2.24, 2.45) is 0 Å². The lowest BCUT2D eigenvalue weighted by molar-refractivity contribution is 0.0974. The van der Waals surface area contributed by atoms with Crippen LogP contribution in [-0.4, -0.2) is 29.6 Å². The number of carbonyl (C=O) groups excluding carboxylic acids is 1. The zero-order valence-electron chi connectivity index (χ0n) is 15.5. The molecule has 0 aliphatic rings. The molecule has 3 rings (SSSR count). The highest BCUT2D eigenvalue weighted by Crippen LogP contribution is 2.21. The average molecular weight is 466 g/mol. The number of rotatable bonds is 6. The number of halogens is 1. The maximum atomic E-state index is 13.7. The van der Waals surface area contributed by atoms with Gasteiger partial charge in [0.1, 0.15) is 10.8 Å². The van der Waals surface area contributed by atoms with Crippen LogP contribution in [-0.2, 0) is 16.4 Å². The van der Waals surface area contributed by atoms with Gasteiger partial charge in [0, 0.05) is 5.69 Å². The van der Waals surface area contributed by atoms with E-state index < -0.39 is 21.7 Å². The van der Waals surface area contributed by atoms with Crippen LogP contribution in [0, 0.1) is 5.82 Å². The monoisotopic (exact) mass is 465 g/mol. The quantitative estimate of drug-likeness (QED) is 0.479. The Kier molecular flexibility index (Phi) is 6.70. The second-order valence-corrected chi connectivity index (χ2v) is 9.03. The molecule has 0 aliphatic heterocycles. The SMILES string of the molecule is CCc1nnc(NS(=O)(=O)c2ccc(NC(=S)NC(=O)c3ccccc3F)cc2)s1. The van der Waals surface area contributed by atoms with Crippen molar-refractivity contribution < 1.29 is 17.6 Å². The summed E-state index contributed by atoms with van der Waals surface area (Å²) in [4.78, 5) is 12.1. The fourth-order valence-corrected chi connectivity index (χ4v) is 4.43. The van der Waals surface area contributed by atoms with E-state index in [0.717, 1.165) is 16.3 Å². The second kappa shape index (κ2) is 9.24. The van der Waals surface area contributed by atoms with Gasteiger partial charge in [-0.2, -0.15) is 0 Å². The first kappa shape index (κ1) is 21.7. The molecule has 0 fully saturated rings. The van der Waals surface area contributed by atoms with Gasteiger partial charge < -0.3 is 5.32 Å². The number of hydrogen-bond acceptors (Lipinski definition) is 7. The van der Waals surface area contributed by atoms with Crippen LogP contribution in [0.4, 0.5) is 15.2 Å². The number of nitrogens with one attached hydrogen (secondary N) is 3. The number of aryl methyl sites for hydroxylation is 1. The summed E-state index contributed by atoms with van der Waals surface area (Å²) in [6.07, 6.45) is 0.660. The van der Waals surface area contributed by atoms with E-state index >= 15 is 0 Å². The standard InChI is InChI=1S/C18H16FN5O3S3/c1-2-15-22-23-18(29-15)24-30(26,27)12-9-7-11(8-10-12)20-17(28)21-16(25)13-5-3-4-6-14(13)19/h3-10H,2H2,1H3,(H,23,24)(H2,20,21,25,28). The van der Waals surface area contributed by atoms with Crippen LogP contribution in [0.5, 0.6) is 0 Å². The summed E-state index contributed by atoms with van der Waals surface area (Å²) >= 11 is 6.21. The number of sulfonamides is 1. The van der Waals surface area contributed by atoms with E-state index in [0.29, 0.717) is 12.1 Å². The summed E-state index contributed by atoms with van der Waals surface area (Å²) < 4.78 is 40.9. The number of nitrogens with zero attached hydrogens (tertiary/aromatic N) is 2. The molecule has 0 spiro atoms. The van der Waals surface area contributed by atoms with Gasteiger partial charge in [-0.05, 0) is 55.0 Å². The molecule has 1 aromatic heterocycles. The molecule has 0 radical (unpaired) electrons. The van der Waals surface area contributed by atoms with E-state index in [1.807, 2.05) is 6.92 Å². The Morgan fingerprint density at radius 1 is 1.13 bits per heavy atom. The molecule has 8 nitrogen and oxygen atoms in total. The molecule has 0 saturated carbocycles. The van der Waals surface area contributed by atoms with Crippen LogP contribution < -0.4 is 15.4 Å². The molecule has 0 bridgehead atoms. The first-order valence-corrected chi connectivity index (χ1v) is 11.3. The molecule has 1 heterocycles. The van der Waals surface area contributed by atoms with Crippen molar-refractivity contribution in [1.29, 1.82) is 0 Å². The Morgan fingerprint density at radius 3 is 2.47 bits per heavy atom. The van der Waals surface area contributed by atoms with Gasteiger partial charge in [0.2, 0.25) is 5.13 Å². The summed E-state index contributed by atoms with van der Waals surface area (Å²) in [7, 11) is -3.83. The third-order valence-corrected chi connectivity index (χ3v) is 6.43. The Balaban J connectivity index is 1.63. The zero-order valence-corrected chi connectivity index (χ0v) is 18.0. The molecule has 1 amide bonds.